The highest BCUT2D eigenvalue weighted by atomic mass is 16.4. The summed E-state index contributed by atoms with van der Waals surface area (Å²) in [7, 11) is 0. The number of unbranched alkanes of at least 4 members (excludes halogenated alkanes) is 4. The molecule has 0 aliphatic rings. The van der Waals surface area contributed by atoms with Crippen molar-refractivity contribution in [1.82, 2.24) is 10.2 Å². The van der Waals surface area contributed by atoms with E-state index in [9.17, 15) is 9.59 Å². The Bertz CT molecular complexity index is 298. The van der Waals surface area contributed by atoms with Crippen molar-refractivity contribution in [3.8, 4) is 0 Å². The van der Waals surface area contributed by atoms with E-state index in [1.54, 1.807) is 0 Å². The van der Waals surface area contributed by atoms with Crippen LogP contribution in [-0.4, -0.2) is 59.8 Å². The fraction of sp³-hybridized carbons (Fsp3) is 0.875. The van der Waals surface area contributed by atoms with E-state index in [-0.39, 0.29) is 18.9 Å². The molecule has 0 spiro atoms. The maximum Gasteiger partial charge on any atom is 0.304 e. The number of amides is 1. The molecule has 1 amide bonds. The fourth-order valence-electron chi connectivity index (χ4n) is 2.21. The summed E-state index contributed by atoms with van der Waals surface area (Å²) in [4.78, 5) is 24.2. The first kappa shape index (κ1) is 20.9. The molecular weight excluding hydrogens is 284 g/mol. The molecule has 0 aromatic rings. The largest absolute Gasteiger partial charge is 0.481 e. The predicted octanol–water partition coefficient (Wildman–Crippen LogP) is 1.62. The fourth-order valence-corrected chi connectivity index (χ4v) is 2.21. The van der Waals surface area contributed by atoms with E-state index in [2.05, 4.69) is 12.2 Å². The second kappa shape index (κ2) is 14.8. The molecule has 0 saturated heterocycles. The number of aliphatic carboxylic acids is 1. The summed E-state index contributed by atoms with van der Waals surface area (Å²) in [5, 5.41) is 20.4. The summed E-state index contributed by atoms with van der Waals surface area (Å²) in [6, 6.07) is 0. The Labute approximate surface area is 133 Å². The summed E-state index contributed by atoms with van der Waals surface area (Å²) in [6.07, 6.45) is 6.91. The van der Waals surface area contributed by atoms with Gasteiger partial charge in [-0.1, -0.05) is 32.6 Å². The number of carboxylic acids is 1. The van der Waals surface area contributed by atoms with Crippen molar-refractivity contribution in [2.24, 2.45) is 0 Å². The van der Waals surface area contributed by atoms with Crippen molar-refractivity contribution in [2.75, 3.05) is 32.8 Å². The Morgan fingerprint density at radius 1 is 0.955 bits per heavy atom. The second-order valence-electron chi connectivity index (χ2n) is 5.58. The number of nitrogens with one attached hydrogen (secondary N) is 1. The second-order valence-corrected chi connectivity index (χ2v) is 5.58. The normalized spacial score (nSPS) is 10.9. The number of nitrogens with zero attached hydrogens (tertiary/aromatic N) is 1. The van der Waals surface area contributed by atoms with Gasteiger partial charge in [0.05, 0.1) is 6.42 Å². The monoisotopic (exact) mass is 316 g/mol. The summed E-state index contributed by atoms with van der Waals surface area (Å²) < 4.78 is 0. The van der Waals surface area contributed by atoms with Crippen molar-refractivity contribution >= 4 is 11.9 Å². The van der Waals surface area contributed by atoms with Crippen molar-refractivity contribution in [1.29, 1.82) is 0 Å². The van der Waals surface area contributed by atoms with Gasteiger partial charge in [-0.25, -0.2) is 0 Å². The summed E-state index contributed by atoms with van der Waals surface area (Å²) in [6.45, 7) is 4.50. The van der Waals surface area contributed by atoms with Gasteiger partial charge in [-0.15, -0.1) is 0 Å². The van der Waals surface area contributed by atoms with E-state index >= 15 is 0 Å². The molecule has 0 radical (unpaired) electrons. The minimum Gasteiger partial charge on any atom is -0.481 e. The maximum atomic E-state index is 11.7. The van der Waals surface area contributed by atoms with E-state index in [4.69, 9.17) is 10.2 Å². The van der Waals surface area contributed by atoms with E-state index in [0.717, 1.165) is 12.8 Å². The first-order valence-corrected chi connectivity index (χ1v) is 8.41. The number of rotatable bonds is 15. The summed E-state index contributed by atoms with van der Waals surface area (Å²) in [5.74, 6) is -0.762. The lowest BCUT2D eigenvalue weighted by Gasteiger charge is -2.21. The van der Waals surface area contributed by atoms with Crippen LogP contribution in [-0.2, 0) is 9.59 Å². The lowest BCUT2D eigenvalue weighted by Crippen LogP contribution is -2.36. The zero-order chi connectivity index (χ0) is 16.6. The van der Waals surface area contributed by atoms with Gasteiger partial charge < -0.3 is 20.4 Å². The molecule has 0 aliphatic carbocycles. The van der Waals surface area contributed by atoms with Gasteiger partial charge in [0.15, 0.2) is 0 Å². The minimum absolute atomic E-state index is 0.0665. The molecule has 6 heteroatoms. The highest BCUT2D eigenvalue weighted by molar-refractivity contribution is 5.75. The lowest BCUT2D eigenvalue weighted by atomic mass is 10.1. The van der Waals surface area contributed by atoms with Crippen LogP contribution >= 0.6 is 0 Å². The third kappa shape index (κ3) is 13.8. The van der Waals surface area contributed by atoms with Gasteiger partial charge in [-0.3, -0.25) is 9.59 Å². The van der Waals surface area contributed by atoms with Gasteiger partial charge in [0.2, 0.25) is 5.91 Å². The molecule has 0 aromatic heterocycles. The SMILES string of the molecule is CCCCCCCC(=O)NCCN(CCCO)CCC(=O)O. The minimum atomic E-state index is -0.829. The number of hydrogen-bond donors (Lipinski definition) is 3. The number of carboxylic acid groups (broad SMARTS) is 1. The standard InChI is InChI=1S/C16H32N2O4/c1-2-3-4-5-6-8-15(20)17-10-13-18(11-7-14-19)12-9-16(21)22/h19H,2-14H2,1H3,(H,17,20)(H,21,22). The summed E-state index contributed by atoms with van der Waals surface area (Å²) >= 11 is 0. The molecule has 0 saturated carbocycles. The lowest BCUT2D eigenvalue weighted by molar-refractivity contribution is -0.137. The Kier molecular flexibility index (Phi) is 14.0. The van der Waals surface area contributed by atoms with Gasteiger partial charge in [-0.2, -0.15) is 0 Å². The van der Waals surface area contributed by atoms with Gasteiger partial charge in [0.1, 0.15) is 0 Å². The Morgan fingerprint density at radius 2 is 1.68 bits per heavy atom. The predicted molar refractivity (Wildman–Crippen MR) is 86.8 cm³/mol. The van der Waals surface area contributed by atoms with Crippen LogP contribution in [0.1, 0.15) is 58.3 Å². The van der Waals surface area contributed by atoms with Gasteiger partial charge >= 0.3 is 5.97 Å². The number of aliphatic hydroxyl groups is 1. The zero-order valence-electron chi connectivity index (χ0n) is 13.9. The van der Waals surface area contributed by atoms with E-state index in [1.165, 1.54) is 19.3 Å². The topological polar surface area (TPSA) is 89.9 Å². The molecular formula is C16H32N2O4. The molecule has 130 valence electrons. The molecule has 6 nitrogen and oxygen atoms in total. The smallest absolute Gasteiger partial charge is 0.304 e. The molecule has 0 heterocycles. The maximum absolute atomic E-state index is 11.7. The molecule has 0 unspecified atom stereocenters. The van der Waals surface area contributed by atoms with E-state index < -0.39 is 5.97 Å². The molecule has 0 rings (SSSR count). The Morgan fingerprint density at radius 3 is 2.32 bits per heavy atom. The van der Waals surface area contributed by atoms with Crippen LogP contribution < -0.4 is 5.32 Å². The molecule has 22 heavy (non-hydrogen) atoms. The van der Waals surface area contributed by atoms with Crippen LogP contribution in [0.25, 0.3) is 0 Å². The molecule has 3 N–H and O–H groups in total. The van der Waals surface area contributed by atoms with E-state index in [0.29, 0.717) is 39.0 Å². The first-order chi connectivity index (χ1) is 10.6. The van der Waals surface area contributed by atoms with Crippen molar-refractivity contribution < 1.29 is 19.8 Å². The van der Waals surface area contributed by atoms with Gasteiger partial charge in [-0.05, 0) is 12.8 Å². The first-order valence-electron chi connectivity index (χ1n) is 8.41. The number of hydrogen-bond acceptors (Lipinski definition) is 4. The third-order valence-corrected chi connectivity index (χ3v) is 3.53. The number of carbonyl (C=O) groups is 2. The molecule has 0 fully saturated rings. The van der Waals surface area contributed by atoms with Crippen molar-refractivity contribution in [2.45, 2.75) is 58.3 Å². The van der Waals surface area contributed by atoms with Gasteiger partial charge in [0, 0.05) is 39.2 Å². The van der Waals surface area contributed by atoms with Crippen LogP contribution in [0.15, 0.2) is 0 Å². The highest BCUT2D eigenvalue weighted by Gasteiger charge is 2.08. The molecule has 0 aromatic carbocycles. The van der Waals surface area contributed by atoms with E-state index in [1.807, 2.05) is 4.90 Å². The molecule has 0 aliphatic heterocycles. The van der Waals surface area contributed by atoms with Crippen LogP contribution in [0.2, 0.25) is 0 Å². The van der Waals surface area contributed by atoms with Crippen LogP contribution in [0.4, 0.5) is 0 Å². The quantitative estimate of drug-likeness (QED) is 0.399. The van der Waals surface area contributed by atoms with Crippen LogP contribution in [0, 0.1) is 0 Å². The van der Waals surface area contributed by atoms with Crippen LogP contribution in [0.3, 0.4) is 0 Å². The van der Waals surface area contributed by atoms with Gasteiger partial charge in [0.25, 0.3) is 0 Å². The average Bonchev–Trinajstić information content (AvgIpc) is 2.49. The van der Waals surface area contributed by atoms with Crippen molar-refractivity contribution in [3.05, 3.63) is 0 Å². The Hall–Kier alpha value is -1.14. The average molecular weight is 316 g/mol. The molecule has 0 bridgehead atoms. The van der Waals surface area contributed by atoms with Crippen LogP contribution in [0.5, 0.6) is 0 Å². The highest BCUT2D eigenvalue weighted by Crippen LogP contribution is 2.04. The third-order valence-electron chi connectivity index (χ3n) is 3.53. The van der Waals surface area contributed by atoms with Crippen molar-refractivity contribution in [3.63, 3.8) is 0 Å². The Balaban J connectivity index is 3.75. The number of carbonyl (C=O) groups excluding carboxylic acids is 1. The summed E-state index contributed by atoms with van der Waals surface area (Å²) in [5.41, 5.74) is 0. The zero-order valence-corrected chi connectivity index (χ0v) is 13.9. The number of aliphatic hydroxyl groups excluding tert-OH is 1. The molecule has 0 atom stereocenters.